The highest BCUT2D eigenvalue weighted by molar-refractivity contribution is 9.10. The van der Waals surface area contributed by atoms with E-state index >= 15 is 0 Å². The van der Waals surface area contributed by atoms with E-state index in [0.717, 1.165) is 12.8 Å². The second kappa shape index (κ2) is 5.44. The van der Waals surface area contributed by atoms with Crippen molar-refractivity contribution in [1.82, 2.24) is 5.32 Å². The van der Waals surface area contributed by atoms with Crippen LogP contribution >= 0.6 is 27.5 Å². The highest BCUT2D eigenvalue weighted by Crippen LogP contribution is 2.38. The highest BCUT2D eigenvalue weighted by Gasteiger charge is 2.33. The van der Waals surface area contributed by atoms with E-state index in [1.54, 1.807) is 6.07 Å². The Bertz CT molecular complexity index is 399. The van der Waals surface area contributed by atoms with Gasteiger partial charge in [0.15, 0.2) is 4.67 Å². The minimum absolute atomic E-state index is 0.0907. The van der Waals surface area contributed by atoms with Crippen LogP contribution in [0.2, 0.25) is 0 Å². The van der Waals surface area contributed by atoms with Crippen molar-refractivity contribution in [2.75, 3.05) is 12.4 Å². The van der Waals surface area contributed by atoms with E-state index < -0.39 is 0 Å². The average molecular weight is 321 g/mol. The van der Waals surface area contributed by atoms with Crippen LogP contribution in [0.15, 0.2) is 21.4 Å². The van der Waals surface area contributed by atoms with Gasteiger partial charge in [-0.25, -0.2) is 0 Å². The minimum atomic E-state index is -0.109. The Kier molecular flexibility index (Phi) is 4.15. The monoisotopic (exact) mass is 319 g/mol. The average Bonchev–Trinajstić information content (AvgIpc) is 2.95. The molecule has 0 atom stereocenters. The van der Waals surface area contributed by atoms with Crippen LogP contribution in [-0.2, 0) is 0 Å². The molecule has 1 N–H and O–H groups in total. The van der Waals surface area contributed by atoms with Gasteiger partial charge in [0.05, 0.1) is 11.8 Å². The van der Waals surface area contributed by atoms with Gasteiger partial charge < -0.3 is 9.73 Å². The Labute approximate surface area is 114 Å². The molecule has 1 aromatic heterocycles. The second-order valence-corrected chi connectivity index (χ2v) is 5.62. The Hall–Kier alpha value is -0.480. The quantitative estimate of drug-likeness (QED) is 0.862. The third-order valence-corrected chi connectivity index (χ3v) is 4.62. The first-order valence-corrected chi connectivity index (χ1v) is 7.07. The topological polar surface area (TPSA) is 42.2 Å². The number of furan rings is 1. The largest absolute Gasteiger partial charge is 0.457 e. The molecule has 0 radical (unpaired) electrons. The fraction of sp³-hybridized carbons (Fsp3) is 0.583. The maximum Gasteiger partial charge on any atom is 0.255 e. The maximum atomic E-state index is 11.9. The second-order valence-electron chi connectivity index (χ2n) is 4.63. The summed E-state index contributed by atoms with van der Waals surface area (Å²) < 4.78 is 5.51. The summed E-state index contributed by atoms with van der Waals surface area (Å²) in [5.74, 6) is 0.502. The van der Waals surface area contributed by atoms with E-state index in [1.165, 1.54) is 19.1 Å². The number of carbonyl (C=O) groups excluding carboxylic acids is 1. The standard InChI is InChI=1S/C12H15BrClNO2/c13-10-9(3-6-17-10)11(16)15-8-12(7-14)4-1-2-5-12/h3,6H,1-2,4-5,7-8H2,(H,15,16). The number of hydrogen-bond donors (Lipinski definition) is 1. The van der Waals surface area contributed by atoms with E-state index in [4.69, 9.17) is 16.0 Å². The molecule has 0 unspecified atom stereocenters. The fourth-order valence-electron chi connectivity index (χ4n) is 2.30. The molecule has 0 saturated heterocycles. The lowest BCUT2D eigenvalue weighted by Crippen LogP contribution is -2.37. The summed E-state index contributed by atoms with van der Waals surface area (Å²) in [6.45, 7) is 0.646. The van der Waals surface area contributed by atoms with Gasteiger partial charge in [0.25, 0.3) is 5.91 Å². The van der Waals surface area contributed by atoms with E-state index in [1.807, 2.05) is 0 Å². The van der Waals surface area contributed by atoms with Gasteiger partial charge in [0.1, 0.15) is 0 Å². The van der Waals surface area contributed by atoms with Crippen LogP contribution in [0.4, 0.5) is 0 Å². The molecule has 1 heterocycles. The first-order chi connectivity index (χ1) is 8.17. The molecule has 5 heteroatoms. The summed E-state index contributed by atoms with van der Waals surface area (Å²) in [5, 5.41) is 2.95. The van der Waals surface area contributed by atoms with Gasteiger partial charge in [-0.3, -0.25) is 4.79 Å². The first kappa shape index (κ1) is 13.0. The Balaban J connectivity index is 1.94. The first-order valence-electron chi connectivity index (χ1n) is 5.74. The molecule has 94 valence electrons. The molecule has 1 aromatic rings. The van der Waals surface area contributed by atoms with Crippen LogP contribution < -0.4 is 5.32 Å². The van der Waals surface area contributed by atoms with Gasteiger partial charge in [-0.1, -0.05) is 12.8 Å². The third-order valence-electron chi connectivity index (χ3n) is 3.43. The predicted molar refractivity (Wildman–Crippen MR) is 70.4 cm³/mol. The van der Waals surface area contributed by atoms with Crippen LogP contribution in [0.3, 0.4) is 0 Å². The molecule has 1 aliphatic rings. The number of alkyl halides is 1. The van der Waals surface area contributed by atoms with Crippen molar-refractivity contribution in [3.8, 4) is 0 Å². The lowest BCUT2D eigenvalue weighted by atomic mass is 9.88. The summed E-state index contributed by atoms with van der Waals surface area (Å²) >= 11 is 9.22. The van der Waals surface area contributed by atoms with Crippen LogP contribution in [0.1, 0.15) is 36.0 Å². The van der Waals surface area contributed by atoms with Crippen molar-refractivity contribution in [1.29, 1.82) is 0 Å². The number of carbonyl (C=O) groups is 1. The van der Waals surface area contributed by atoms with Crippen LogP contribution in [0.25, 0.3) is 0 Å². The molecule has 1 aliphatic carbocycles. The number of rotatable bonds is 4. The van der Waals surface area contributed by atoms with Crippen molar-refractivity contribution in [3.63, 3.8) is 0 Å². The van der Waals surface area contributed by atoms with Crippen LogP contribution in [0.5, 0.6) is 0 Å². The van der Waals surface area contributed by atoms with Crippen molar-refractivity contribution in [3.05, 3.63) is 22.6 Å². The van der Waals surface area contributed by atoms with E-state index in [0.29, 0.717) is 22.7 Å². The maximum absolute atomic E-state index is 11.9. The summed E-state index contributed by atoms with van der Waals surface area (Å²) in [4.78, 5) is 11.9. The third kappa shape index (κ3) is 2.86. The molecule has 1 amide bonds. The van der Waals surface area contributed by atoms with Gasteiger partial charge in [0, 0.05) is 17.8 Å². The Morgan fingerprint density at radius 2 is 2.24 bits per heavy atom. The predicted octanol–water partition coefficient (Wildman–Crippen LogP) is 3.57. The highest BCUT2D eigenvalue weighted by atomic mass is 79.9. The SMILES string of the molecule is O=C(NCC1(CCl)CCCC1)c1ccoc1Br. The lowest BCUT2D eigenvalue weighted by molar-refractivity contribution is 0.0933. The zero-order valence-corrected chi connectivity index (χ0v) is 11.8. The van der Waals surface area contributed by atoms with Crippen molar-refractivity contribution < 1.29 is 9.21 Å². The molecule has 0 bridgehead atoms. The molecular weight excluding hydrogens is 305 g/mol. The van der Waals surface area contributed by atoms with Gasteiger partial charge in [-0.15, -0.1) is 11.6 Å². The zero-order valence-electron chi connectivity index (χ0n) is 9.47. The minimum Gasteiger partial charge on any atom is -0.457 e. The molecule has 0 spiro atoms. The summed E-state index contributed by atoms with van der Waals surface area (Å²) in [7, 11) is 0. The van der Waals surface area contributed by atoms with Crippen LogP contribution in [-0.4, -0.2) is 18.3 Å². The molecule has 0 aliphatic heterocycles. The molecule has 3 nitrogen and oxygen atoms in total. The van der Waals surface area contributed by atoms with Gasteiger partial charge in [0.2, 0.25) is 0 Å². The van der Waals surface area contributed by atoms with Crippen molar-refractivity contribution in [2.24, 2.45) is 5.41 Å². The zero-order chi connectivity index (χ0) is 12.3. The fourth-order valence-corrected chi connectivity index (χ4v) is 3.08. The molecule has 17 heavy (non-hydrogen) atoms. The molecular formula is C12H15BrClNO2. The van der Waals surface area contributed by atoms with E-state index in [-0.39, 0.29) is 11.3 Å². The van der Waals surface area contributed by atoms with Crippen molar-refractivity contribution in [2.45, 2.75) is 25.7 Å². The molecule has 1 saturated carbocycles. The van der Waals surface area contributed by atoms with Gasteiger partial charge in [-0.2, -0.15) is 0 Å². The lowest BCUT2D eigenvalue weighted by Gasteiger charge is -2.26. The summed E-state index contributed by atoms with van der Waals surface area (Å²) in [6.07, 6.45) is 6.11. The molecule has 2 rings (SSSR count). The molecule has 0 aromatic carbocycles. The summed E-state index contributed by atoms with van der Waals surface area (Å²) in [5.41, 5.74) is 0.626. The number of hydrogen-bond acceptors (Lipinski definition) is 2. The molecule has 1 fully saturated rings. The normalized spacial score (nSPS) is 18.2. The van der Waals surface area contributed by atoms with Gasteiger partial charge >= 0.3 is 0 Å². The van der Waals surface area contributed by atoms with Crippen LogP contribution in [0, 0.1) is 5.41 Å². The number of nitrogens with one attached hydrogen (secondary N) is 1. The Morgan fingerprint density at radius 3 is 2.76 bits per heavy atom. The van der Waals surface area contributed by atoms with E-state index in [9.17, 15) is 4.79 Å². The van der Waals surface area contributed by atoms with Crippen molar-refractivity contribution >= 4 is 33.4 Å². The number of halogens is 2. The smallest absolute Gasteiger partial charge is 0.255 e. The van der Waals surface area contributed by atoms with E-state index in [2.05, 4.69) is 21.2 Å². The summed E-state index contributed by atoms with van der Waals surface area (Å²) in [6, 6.07) is 1.65. The Morgan fingerprint density at radius 1 is 1.53 bits per heavy atom. The van der Waals surface area contributed by atoms with Gasteiger partial charge in [-0.05, 0) is 34.8 Å². The number of amides is 1.